The van der Waals surface area contributed by atoms with Crippen LogP contribution in [0.2, 0.25) is 0 Å². The molecule has 0 saturated carbocycles. The lowest BCUT2D eigenvalue weighted by Crippen LogP contribution is -2.25. The zero-order chi connectivity index (χ0) is 18.5. The second kappa shape index (κ2) is 7.65. The van der Waals surface area contributed by atoms with Crippen LogP contribution in [-0.4, -0.2) is 11.8 Å². The fourth-order valence-electron chi connectivity index (χ4n) is 2.41. The third-order valence-electron chi connectivity index (χ3n) is 3.85. The molecule has 0 aliphatic carbocycles. The highest BCUT2D eigenvalue weighted by atomic mass is 19.1. The number of para-hydroxylation sites is 1. The molecule has 1 heterocycles. The van der Waals surface area contributed by atoms with Crippen molar-refractivity contribution in [2.24, 2.45) is 0 Å². The Bertz CT molecular complexity index is 936. The van der Waals surface area contributed by atoms with E-state index < -0.39 is 5.91 Å². The summed E-state index contributed by atoms with van der Waals surface area (Å²) < 4.78 is 18.6. The monoisotopic (exact) mass is 352 g/mol. The van der Waals surface area contributed by atoms with Crippen LogP contribution in [0.5, 0.6) is 0 Å². The van der Waals surface area contributed by atoms with Gasteiger partial charge < -0.3 is 15.1 Å². The van der Waals surface area contributed by atoms with Crippen LogP contribution in [-0.2, 0) is 6.54 Å². The molecule has 2 amide bonds. The van der Waals surface area contributed by atoms with Crippen LogP contribution in [0.25, 0.3) is 0 Å². The number of hydrogen-bond donors (Lipinski definition) is 2. The van der Waals surface area contributed by atoms with Gasteiger partial charge in [-0.3, -0.25) is 9.59 Å². The van der Waals surface area contributed by atoms with E-state index in [0.29, 0.717) is 22.4 Å². The second-order valence-electron chi connectivity index (χ2n) is 5.74. The standard InChI is InChI=1S/C20H17FN2O3/c1-13-8-9-14(11-16(13)21)12-22-19(24)15-5-2-3-6-17(15)23-20(25)18-7-4-10-26-18/h2-11H,12H2,1H3,(H,22,24)(H,23,25). The number of anilines is 1. The normalized spacial score (nSPS) is 10.4. The number of halogens is 1. The number of rotatable bonds is 5. The van der Waals surface area contributed by atoms with E-state index >= 15 is 0 Å². The molecule has 0 bridgehead atoms. The summed E-state index contributed by atoms with van der Waals surface area (Å²) in [6.07, 6.45) is 1.40. The van der Waals surface area contributed by atoms with E-state index in [2.05, 4.69) is 10.6 Å². The van der Waals surface area contributed by atoms with Crippen molar-refractivity contribution in [3.63, 3.8) is 0 Å². The van der Waals surface area contributed by atoms with E-state index in [1.54, 1.807) is 49.4 Å². The number of furan rings is 1. The molecule has 2 N–H and O–H groups in total. The highest BCUT2D eigenvalue weighted by Gasteiger charge is 2.15. The molecule has 0 aliphatic rings. The molecule has 6 heteroatoms. The van der Waals surface area contributed by atoms with Crippen molar-refractivity contribution in [3.05, 3.63) is 89.1 Å². The first kappa shape index (κ1) is 17.4. The van der Waals surface area contributed by atoms with Gasteiger partial charge in [0.25, 0.3) is 11.8 Å². The van der Waals surface area contributed by atoms with Gasteiger partial charge in [0, 0.05) is 6.54 Å². The predicted molar refractivity (Wildman–Crippen MR) is 95.4 cm³/mol. The highest BCUT2D eigenvalue weighted by molar-refractivity contribution is 6.07. The summed E-state index contributed by atoms with van der Waals surface area (Å²) in [5.74, 6) is -0.990. The first-order valence-corrected chi connectivity index (χ1v) is 8.01. The molecule has 1 aromatic heterocycles. The van der Waals surface area contributed by atoms with E-state index in [4.69, 9.17) is 4.42 Å². The minimum Gasteiger partial charge on any atom is -0.459 e. The summed E-state index contributed by atoms with van der Waals surface area (Å²) in [6.45, 7) is 1.85. The zero-order valence-corrected chi connectivity index (χ0v) is 14.1. The molecule has 3 aromatic rings. The smallest absolute Gasteiger partial charge is 0.291 e. The summed E-state index contributed by atoms with van der Waals surface area (Å²) in [6, 6.07) is 14.6. The molecule has 3 rings (SSSR count). The number of carbonyl (C=O) groups excluding carboxylic acids is 2. The van der Waals surface area contributed by atoms with Crippen molar-refractivity contribution >= 4 is 17.5 Å². The van der Waals surface area contributed by atoms with Gasteiger partial charge in [-0.15, -0.1) is 0 Å². The van der Waals surface area contributed by atoms with Gasteiger partial charge >= 0.3 is 0 Å². The Balaban J connectivity index is 1.71. The third kappa shape index (κ3) is 3.97. The molecule has 132 valence electrons. The summed E-state index contributed by atoms with van der Waals surface area (Å²) in [4.78, 5) is 24.6. The number of benzene rings is 2. The van der Waals surface area contributed by atoms with Crippen molar-refractivity contribution < 1.29 is 18.4 Å². The van der Waals surface area contributed by atoms with Crippen molar-refractivity contribution in [1.29, 1.82) is 0 Å². The molecule has 0 radical (unpaired) electrons. The Hall–Kier alpha value is -3.41. The molecule has 26 heavy (non-hydrogen) atoms. The fraction of sp³-hybridized carbons (Fsp3) is 0.100. The molecule has 0 fully saturated rings. The van der Waals surface area contributed by atoms with Crippen LogP contribution in [0.1, 0.15) is 32.0 Å². The average Bonchev–Trinajstić information content (AvgIpc) is 3.18. The van der Waals surface area contributed by atoms with Crippen molar-refractivity contribution in [2.45, 2.75) is 13.5 Å². The summed E-state index contributed by atoms with van der Waals surface area (Å²) in [7, 11) is 0. The van der Waals surface area contributed by atoms with Gasteiger partial charge in [0.1, 0.15) is 5.82 Å². The van der Waals surface area contributed by atoms with Gasteiger partial charge in [0.15, 0.2) is 5.76 Å². The lowest BCUT2D eigenvalue weighted by atomic mass is 10.1. The highest BCUT2D eigenvalue weighted by Crippen LogP contribution is 2.17. The lowest BCUT2D eigenvalue weighted by Gasteiger charge is -2.11. The summed E-state index contributed by atoms with van der Waals surface area (Å²) in [5.41, 5.74) is 1.87. The van der Waals surface area contributed by atoms with Crippen molar-refractivity contribution in [2.75, 3.05) is 5.32 Å². The van der Waals surface area contributed by atoms with Gasteiger partial charge in [0.2, 0.25) is 0 Å². The van der Waals surface area contributed by atoms with Gasteiger partial charge in [-0.2, -0.15) is 0 Å². The van der Waals surface area contributed by atoms with E-state index in [9.17, 15) is 14.0 Å². The predicted octanol–water partition coefficient (Wildman–Crippen LogP) is 3.91. The Kier molecular flexibility index (Phi) is 5.12. The van der Waals surface area contributed by atoms with E-state index in [1.807, 2.05) is 0 Å². The molecular weight excluding hydrogens is 335 g/mol. The SMILES string of the molecule is Cc1ccc(CNC(=O)c2ccccc2NC(=O)c2ccco2)cc1F. The maximum atomic E-state index is 13.6. The van der Waals surface area contributed by atoms with Crippen LogP contribution in [0.15, 0.2) is 65.3 Å². The number of hydrogen-bond acceptors (Lipinski definition) is 3. The van der Waals surface area contributed by atoms with E-state index in [1.165, 1.54) is 18.4 Å². The van der Waals surface area contributed by atoms with Gasteiger partial charge in [-0.1, -0.05) is 24.3 Å². The van der Waals surface area contributed by atoms with E-state index in [-0.39, 0.29) is 24.0 Å². The first-order chi connectivity index (χ1) is 12.5. The quantitative estimate of drug-likeness (QED) is 0.731. The Morgan fingerprint density at radius 3 is 2.58 bits per heavy atom. The molecule has 0 unspecified atom stereocenters. The Morgan fingerprint density at radius 1 is 1.04 bits per heavy atom. The molecule has 0 spiro atoms. The van der Waals surface area contributed by atoms with Crippen LogP contribution in [0.3, 0.4) is 0 Å². The van der Waals surface area contributed by atoms with Crippen molar-refractivity contribution in [1.82, 2.24) is 5.32 Å². The largest absolute Gasteiger partial charge is 0.459 e. The molecular formula is C20H17FN2O3. The molecule has 2 aromatic carbocycles. The maximum absolute atomic E-state index is 13.6. The summed E-state index contributed by atoms with van der Waals surface area (Å²) >= 11 is 0. The minimum absolute atomic E-state index is 0.148. The lowest BCUT2D eigenvalue weighted by molar-refractivity contribution is 0.0951. The summed E-state index contributed by atoms with van der Waals surface area (Å²) in [5, 5.41) is 5.39. The molecule has 0 saturated heterocycles. The van der Waals surface area contributed by atoms with Gasteiger partial charge in [-0.05, 0) is 48.4 Å². The van der Waals surface area contributed by atoms with Crippen LogP contribution in [0, 0.1) is 12.7 Å². The fourth-order valence-corrected chi connectivity index (χ4v) is 2.41. The van der Waals surface area contributed by atoms with Crippen molar-refractivity contribution in [3.8, 4) is 0 Å². The number of amides is 2. The molecule has 5 nitrogen and oxygen atoms in total. The molecule has 0 atom stereocenters. The van der Waals surface area contributed by atoms with Crippen LogP contribution in [0.4, 0.5) is 10.1 Å². The van der Waals surface area contributed by atoms with Crippen LogP contribution < -0.4 is 10.6 Å². The number of carbonyl (C=O) groups is 2. The third-order valence-corrected chi connectivity index (χ3v) is 3.85. The molecule has 0 aliphatic heterocycles. The Labute approximate surface area is 149 Å². The van der Waals surface area contributed by atoms with Crippen LogP contribution >= 0.6 is 0 Å². The Morgan fingerprint density at radius 2 is 1.85 bits per heavy atom. The topological polar surface area (TPSA) is 71.3 Å². The number of aryl methyl sites for hydroxylation is 1. The first-order valence-electron chi connectivity index (χ1n) is 8.01. The maximum Gasteiger partial charge on any atom is 0.291 e. The minimum atomic E-state index is -0.448. The van der Waals surface area contributed by atoms with Gasteiger partial charge in [-0.25, -0.2) is 4.39 Å². The zero-order valence-electron chi connectivity index (χ0n) is 14.1. The average molecular weight is 352 g/mol. The van der Waals surface area contributed by atoms with Gasteiger partial charge in [0.05, 0.1) is 17.5 Å². The van der Waals surface area contributed by atoms with E-state index in [0.717, 1.165) is 0 Å². The number of nitrogens with one attached hydrogen (secondary N) is 2. The second-order valence-corrected chi connectivity index (χ2v) is 5.74.